The predicted octanol–water partition coefficient (Wildman–Crippen LogP) is 5.38. The molecule has 140 valence electrons. The fourth-order valence-corrected chi connectivity index (χ4v) is 2.99. The van der Waals surface area contributed by atoms with E-state index in [4.69, 9.17) is 25.6 Å². The lowest BCUT2D eigenvalue weighted by Gasteiger charge is -2.08. The Labute approximate surface area is 166 Å². The second kappa shape index (κ2) is 8.15. The molecule has 0 aliphatic carbocycles. The number of ether oxygens (including phenoxy) is 2. The maximum absolute atomic E-state index is 12.4. The fraction of sp³-hybridized carbons (Fsp3) is 0.0909. The van der Waals surface area contributed by atoms with Crippen LogP contribution in [-0.4, -0.2) is 24.3 Å². The second-order valence-corrected chi connectivity index (χ2v) is 6.43. The summed E-state index contributed by atoms with van der Waals surface area (Å²) in [4.78, 5) is 12.4. The summed E-state index contributed by atoms with van der Waals surface area (Å²) >= 11 is 6.02. The lowest BCUT2D eigenvalue weighted by Crippen LogP contribution is -2.12. The van der Waals surface area contributed by atoms with Gasteiger partial charge in [-0.1, -0.05) is 59.2 Å². The van der Waals surface area contributed by atoms with E-state index in [9.17, 15) is 4.79 Å². The van der Waals surface area contributed by atoms with Crippen molar-refractivity contribution in [3.05, 3.63) is 83.4 Å². The van der Waals surface area contributed by atoms with Crippen molar-refractivity contribution >= 4 is 28.5 Å². The lowest BCUT2D eigenvalue weighted by molar-refractivity contribution is 0.0450. The Morgan fingerprint density at radius 1 is 0.964 bits per heavy atom. The van der Waals surface area contributed by atoms with E-state index in [0.717, 1.165) is 10.9 Å². The van der Waals surface area contributed by atoms with E-state index in [1.54, 1.807) is 30.3 Å². The van der Waals surface area contributed by atoms with Gasteiger partial charge in [0, 0.05) is 5.56 Å². The molecule has 3 aromatic carbocycles. The van der Waals surface area contributed by atoms with Gasteiger partial charge in [-0.3, -0.25) is 0 Å². The summed E-state index contributed by atoms with van der Waals surface area (Å²) in [7, 11) is 0. The number of rotatable bonds is 6. The molecule has 4 aromatic rings. The van der Waals surface area contributed by atoms with Crippen molar-refractivity contribution in [1.29, 1.82) is 0 Å². The molecule has 0 saturated heterocycles. The van der Waals surface area contributed by atoms with Gasteiger partial charge in [-0.2, -0.15) is 0 Å². The van der Waals surface area contributed by atoms with Crippen molar-refractivity contribution in [1.82, 2.24) is 5.16 Å². The molecule has 1 aromatic heterocycles. The maximum Gasteiger partial charge on any atom is 0.338 e. The molecule has 1 heterocycles. The first-order chi connectivity index (χ1) is 13.7. The number of carbonyl (C=O) groups excluding carboxylic acids is 1. The third-order valence-electron chi connectivity index (χ3n) is 4.16. The molecule has 0 fully saturated rings. The highest BCUT2D eigenvalue weighted by molar-refractivity contribution is 6.32. The lowest BCUT2D eigenvalue weighted by atomic mass is 10.1. The summed E-state index contributed by atoms with van der Waals surface area (Å²) in [5, 5.41) is 5.32. The molecule has 0 aliphatic rings. The minimum Gasteiger partial charge on any atom is -0.488 e. The van der Waals surface area contributed by atoms with Crippen molar-refractivity contribution < 1.29 is 18.8 Å². The summed E-state index contributed by atoms with van der Waals surface area (Å²) in [6.45, 7) is 0.317. The number of hydrogen-bond acceptors (Lipinski definition) is 5. The molecular formula is C22H16ClNO4. The molecule has 0 aliphatic heterocycles. The van der Waals surface area contributed by atoms with Crippen LogP contribution in [0.4, 0.5) is 0 Å². The average molecular weight is 394 g/mol. The van der Waals surface area contributed by atoms with Gasteiger partial charge in [-0.25, -0.2) is 4.79 Å². The summed E-state index contributed by atoms with van der Waals surface area (Å²) in [5.74, 6) is 0.732. The highest BCUT2D eigenvalue weighted by Gasteiger charge is 2.14. The topological polar surface area (TPSA) is 61.6 Å². The summed E-state index contributed by atoms with van der Waals surface area (Å²) in [6, 6.07) is 21.9. The third-order valence-corrected chi connectivity index (χ3v) is 4.47. The molecule has 0 spiro atoms. The average Bonchev–Trinajstić information content (AvgIpc) is 3.16. The zero-order chi connectivity index (χ0) is 19.3. The number of esters is 1. The number of carbonyl (C=O) groups is 1. The fourth-order valence-electron chi connectivity index (χ4n) is 2.80. The first-order valence-corrected chi connectivity index (χ1v) is 9.09. The van der Waals surface area contributed by atoms with Crippen LogP contribution < -0.4 is 4.74 Å². The summed E-state index contributed by atoms with van der Waals surface area (Å²) in [5.41, 5.74) is 1.99. The van der Waals surface area contributed by atoms with E-state index in [2.05, 4.69) is 5.16 Å². The molecule has 0 radical (unpaired) electrons. The Balaban J connectivity index is 1.44. The van der Waals surface area contributed by atoms with E-state index < -0.39 is 5.97 Å². The van der Waals surface area contributed by atoms with Gasteiger partial charge in [0.2, 0.25) is 0 Å². The summed E-state index contributed by atoms with van der Waals surface area (Å²) in [6.07, 6.45) is 0. The van der Waals surface area contributed by atoms with E-state index >= 15 is 0 Å². The standard InChI is InChI=1S/C22H16ClNO4/c23-18-8-4-5-9-20(18)26-12-13-27-22(25)16-10-11-19-17(14-16)21(28-24-19)15-6-2-1-3-7-15/h1-11,14H,12-13H2. The highest BCUT2D eigenvalue weighted by Crippen LogP contribution is 2.29. The highest BCUT2D eigenvalue weighted by atomic mass is 35.5. The van der Waals surface area contributed by atoms with Crippen LogP contribution in [0.3, 0.4) is 0 Å². The van der Waals surface area contributed by atoms with Crippen molar-refractivity contribution in [2.24, 2.45) is 0 Å². The zero-order valence-electron chi connectivity index (χ0n) is 14.8. The normalized spacial score (nSPS) is 10.8. The van der Waals surface area contributed by atoms with Crippen molar-refractivity contribution in [3.8, 4) is 17.1 Å². The Morgan fingerprint density at radius 2 is 1.75 bits per heavy atom. The molecule has 0 amide bonds. The molecule has 0 saturated carbocycles. The van der Waals surface area contributed by atoms with Crippen LogP contribution in [0.2, 0.25) is 5.02 Å². The van der Waals surface area contributed by atoms with E-state index in [0.29, 0.717) is 27.6 Å². The largest absolute Gasteiger partial charge is 0.488 e. The number of benzene rings is 3. The predicted molar refractivity (Wildman–Crippen MR) is 107 cm³/mol. The molecule has 0 N–H and O–H groups in total. The van der Waals surface area contributed by atoms with Crippen LogP contribution in [0.25, 0.3) is 22.2 Å². The van der Waals surface area contributed by atoms with Crippen molar-refractivity contribution in [3.63, 3.8) is 0 Å². The minimum atomic E-state index is -0.440. The first-order valence-electron chi connectivity index (χ1n) is 8.72. The van der Waals surface area contributed by atoms with Gasteiger partial charge in [0.15, 0.2) is 5.76 Å². The van der Waals surface area contributed by atoms with Crippen molar-refractivity contribution in [2.75, 3.05) is 13.2 Å². The van der Waals surface area contributed by atoms with Gasteiger partial charge in [0.05, 0.1) is 16.0 Å². The number of fused-ring (bicyclic) bond motifs is 1. The van der Waals surface area contributed by atoms with Gasteiger partial charge in [0.25, 0.3) is 0 Å². The van der Waals surface area contributed by atoms with Crippen LogP contribution in [0, 0.1) is 0 Å². The van der Waals surface area contributed by atoms with Gasteiger partial charge in [-0.15, -0.1) is 0 Å². The van der Waals surface area contributed by atoms with Crippen LogP contribution in [0.1, 0.15) is 10.4 Å². The van der Waals surface area contributed by atoms with Gasteiger partial charge in [-0.05, 0) is 30.3 Å². The van der Waals surface area contributed by atoms with E-state index in [-0.39, 0.29) is 13.2 Å². The molecule has 0 unspecified atom stereocenters. The zero-order valence-corrected chi connectivity index (χ0v) is 15.6. The molecule has 6 heteroatoms. The quantitative estimate of drug-likeness (QED) is 0.325. The monoisotopic (exact) mass is 393 g/mol. The molecule has 28 heavy (non-hydrogen) atoms. The van der Waals surface area contributed by atoms with E-state index in [1.807, 2.05) is 42.5 Å². The minimum absolute atomic E-state index is 0.108. The SMILES string of the molecule is O=C(OCCOc1ccccc1Cl)c1ccc2noc(-c3ccccc3)c2c1. The maximum atomic E-state index is 12.4. The van der Waals surface area contributed by atoms with Gasteiger partial charge in [0.1, 0.15) is 24.5 Å². The van der Waals surface area contributed by atoms with Crippen LogP contribution in [0.5, 0.6) is 5.75 Å². The van der Waals surface area contributed by atoms with Gasteiger partial charge >= 0.3 is 5.97 Å². The molecule has 5 nitrogen and oxygen atoms in total. The Hall–Kier alpha value is -3.31. The number of halogens is 1. The smallest absolute Gasteiger partial charge is 0.338 e. The number of para-hydroxylation sites is 1. The van der Waals surface area contributed by atoms with Crippen molar-refractivity contribution in [2.45, 2.75) is 0 Å². The van der Waals surface area contributed by atoms with Crippen LogP contribution >= 0.6 is 11.6 Å². The molecule has 0 atom stereocenters. The van der Waals surface area contributed by atoms with Crippen LogP contribution in [0.15, 0.2) is 77.3 Å². The molecule has 0 bridgehead atoms. The number of aromatic nitrogens is 1. The third kappa shape index (κ3) is 3.85. The van der Waals surface area contributed by atoms with E-state index in [1.165, 1.54) is 0 Å². The molecular weight excluding hydrogens is 378 g/mol. The van der Waals surface area contributed by atoms with Gasteiger partial charge < -0.3 is 14.0 Å². The Bertz CT molecular complexity index is 1110. The number of nitrogens with zero attached hydrogens (tertiary/aromatic N) is 1. The Kier molecular flexibility index (Phi) is 5.26. The second-order valence-electron chi connectivity index (χ2n) is 6.02. The molecule has 4 rings (SSSR count). The van der Waals surface area contributed by atoms with Crippen LogP contribution in [-0.2, 0) is 4.74 Å². The Morgan fingerprint density at radius 3 is 2.57 bits per heavy atom. The first kappa shape index (κ1) is 18.1. The number of hydrogen-bond donors (Lipinski definition) is 0. The summed E-state index contributed by atoms with van der Waals surface area (Å²) < 4.78 is 16.3.